The molecule has 0 aromatic heterocycles. The molecule has 1 fully saturated rings. The second kappa shape index (κ2) is 5.74. The molecule has 2 aliphatic rings. The van der Waals surface area contributed by atoms with E-state index < -0.39 is 9.84 Å². The minimum absolute atomic E-state index is 0.271. The standard InChI is InChI=1S/C16H23NO4S/c1-22(18,19)15-10-14-13(20-7-8-21-14)9-12(15)16(11-17)5-3-2-4-6-16/h9-10H,2-8,11,17H2,1H3. The zero-order valence-electron chi connectivity index (χ0n) is 12.9. The van der Waals surface area contributed by atoms with Crippen molar-refractivity contribution in [3.63, 3.8) is 0 Å². The Hall–Kier alpha value is -1.27. The molecule has 0 amide bonds. The highest BCUT2D eigenvalue weighted by Gasteiger charge is 2.37. The van der Waals surface area contributed by atoms with Gasteiger partial charge in [-0.3, -0.25) is 0 Å². The molecule has 3 rings (SSSR count). The smallest absolute Gasteiger partial charge is 0.175 e. The number of hydrogen-bond donors (Lipinski definition) is 1. The zero-order valence-corrected chi connectivity index (χ0v) is 13.7. The van der Waals surface area contributed by atoms with Crippen LogP contribution >= 0.6 is 0 Å². The van der Waals surface area contributed by atoms with Gasteiger partial charge in [-0.05, 0) is 24.5 Å². The van der Waals surface area contributed by atoms with Crippen molar-refractivity contribution < 1.29 is 17.9 Å². The summed E-state index contributed by atoms with van der Waals surface area (Å²) in [6.45, 7) is 1.38. The summed E-state index contributed by atoms with van der Waals surface area (Å²) in [6.07, 6.45) is 6.43. The van der Waals surface area contributed by atoms with Crippen molar-refractivity contribution in [2.24, 2.45) is 5.73 Å². The van der Waals surface area contributed by atoms with Gasteiger partial charge in [-0.15, -0.1) is 0 Å². The third-order valence-electron chi connectivity index (χ3n) is 4.82. The van der Waals surface area contributed by atoms with Gasteiger partial charge in [0, 0.05) is 24.3 Å². The molecule has 2 N–H and O–H groups in total. The Morgan fingerprint density at radius 2 is 1.68 bits per heavy atom. The molecule has 1 aliphatic heterocycles. The van der Waals surface area contributed by atoms with Gasteiger partial charge in [-0.25, -0.2) is 8.42 Å². The van der Waals surface area contributed by atoms with Crippen LogP contribution in [-0.4, -0.2) is 34.4 Å². The molecular weight excluding hydrogens is 302 g/mol. The Kier molecular flexibility index (Phi) is 4.07. The Balaban J connectivity index is 2.19. The van der Waals surface area contributed by atoms with Gasteiger partial charge >= 0.3 is 0 Å². The second-order valence-corrected chi connectivity index (χ2v) is 8.29. The summed E-state index contributed by atoms with van der Waals surface area (Å²) in [4.78, 5) is 0.337. The Morgan fingerprint density at radius 3 is 2.23 bits per heavy atom. The van der Waals surface area contributed by atoms with Gasteiger partial charge in [0.2, 0.25) is 0 Å². The molecule has 122 valence electrons. The number of nitrogens with two attached hydrogens (primary N) is 1. The summed E-state index contributed by atoms with van der Waals surface area (Å²) in [6, 6.07) is 3.47. The van der Waals surface area contributed by atoms with E-state index in [1.165, 1.54) is 12.7 Å². The van der Waals surface area contributed by atoms with Crippen molar-refractivity contribution in [2.45, 2.75) is 42.4 Å². The van der Waals surface area contributed by atoms with Crippen molar-refractivity contribution in [2.75, 3.05) is 26.0 Å². The molecule has 1 saturated carbocycles. The summed E-state index contributed by atoms with van der Waals surface area (Å²) in [7, 11) is -3.36. The van der Waals surface area contributed by atoms with E-state index in [1.54, 1.807) is 6.07 Å². The third-order valence-corrected chi connectivity index (χ3v) is 5.95. The Bertz CT molecular complexity index is 663. The lowest BCUT2D eigenvalue weighted by molar-refractivity contribution is 0.170. The molecule has 0 bridgehead atoms. The minimum Gasteiger partial charge on any atom is -0.486 e. The van der Waals surface area contributed by atoms with Crippen LogP contribution in [-0.2, 0) is 15.3 Å². The molecule has 0 saturated heterocycles. The maximum absolute atomic E-state index is 12.3. The second-order valence-electron chi connectivity index (χ2n) is 6.31. The molecule has 1 aromatic rings. The van der Waals surface area contributed by atoms with Gasteiger partial charge in [-0.2, -0.15) is 0 Å². The first kappa shape index (κ1) is 15.6. The van der Waals surface area contributed by atoms with Crippen molar-refractivity contribution in [1.29, 1.82) is 0 Å². The van der Waals surface area contributed by atoms with E-state index in [-0.39, 0.29) is 5.41 Å². The molecular formula is C16H23NO4S. The quantitative estimate of drug-likeness (QED) is 0.920. The van der Waals surface area contributed by atoms with E-state index in [2.05, 4.69) is 0 Å². The van der Waals surface area contributed by atoms with Crippen LogP contribution in [0.4, 0.5) is 0 Å². The number of rotatable bonds is 3. The van der Waals surface area contributed by atoms with Gasteiger partial charge in [0.15, 0.2) is 21.3 Å². The van der Waals surface area contributed by atoms with Crippen LogP contribution in [0, 0.1) is 0 Å². The average Bonchev–Trinajstić information content (AvgIpc) is 2.53. The molecule has 22 heavy (non-hydrogen) atoms. The molecule has 6 heteroatoms. The fourth-order valence-corrected chi connectivity index (χ4v) is 4.60. The molecule has 0 spiro atoms. The van der Waals surface area contributed by atoms with Crippen LogP contribution in [0.15, 0.2) is 17.0 Å². The lowest BCUT2D eigenvalue weighted by atomic mass is 9.69. The van der Waals surface area contributed by atoms with E-state index in [9.17, 15) is 8.42 Å². The van der Waals surface area contributed by atoms with Gasteiger partial charge in [0.05, 0.1) is 4.90 Å². The van der Waals surface area contributed by atoms with Gasteiger partial charge < -0.3 is 15.2 Å². The maximum Gasteiger partial charge on any atom is 0.175 e. The summed E-state index contributed by atoms with van der Waals surface area (Å²) < 4.78 is 35.8. The van der Waals surface area contributed by atoms with E-state index in [1.807, 2.05) is 6.07 Å². The minimum atomic E-state index is -3.36. The molecule has 0 atom stereocenters. The van der Waals surface area contributed by atoms with E-state index in [0.29, 0.717) is 36.2 Å². The lowest BCUT2D eigenvalue weighted by Crippen LogP contribution is -2.38. The van der Waals surface area contributed by atoms with E-state index >= 15 is 0 Å². The first-order chi connectivity index (χ1) is 10.5. The highest BCUT2D eigenvalue weighted by molar-refractivity contribution is 7.90. The van der Waals surface area contributed by atoms with Crippen LogP contribution in [0.5, 0.6) is 11.5 Å². The third kappa shape index (κ3) is 2.70. The summed E-state index contributed by atoms with van der Waals surface area (Å²) >= 11 is 0. The van der Waals surface area contributed by atoms with Crippen LogP contribution in [0.2, 0.25) is 0 Å². The molecule has 0 radical (unpaired) electrons. The first-order valence-corrected chi connectivity index (χ1v) is 9.70. The summed E-state index contributed by atoms with van der Waals surface area (Å²) in [5.74, 6) is 1.14. The number of sulfone groups is 1. The number of hydrogen-bond acceptors (Lipinski definition) is 5. The van der Waals surface area contributed by atoms with E-state index in [0.717, 1.165) is 31.2 Å². The molecule has 1 aliphatic carbocycles. The zero-order chi connectivity index (χ0) is 15.8. The Morgan fingerprint density at radius 1 is 1.09 bits per heavy atom. The predicted octanol–water partition coefficient (Wildman–Crippen LogP) is 2.02. The Labute approximate surface area is 131 Å². The van der Waals surface area contributed by atoms with Crippen LogP contribution in [0.25, 0.3) is 0 Å². The van der Waals surface area contributed by atoms with Crippen LogP contribution < -0.4 is 15.2 Å². The van der Waals surface area contributed by atoms with Gasteiger partial charge in [0.25, 0.3) is 0 Å². The molecule has 1 heterocycles. The number of benzene rings is 1. The van der Waals surface area contributed by atoms with Crippen molar-refractivity contribution in [1.82, 2.24) is 0 Å². The van der Waals surface area contributed by atoms with Crippen LogP contribution in [0.3, 0.4) is 0 Å². The summed E-state index contributed by atoms with van der Waals surface area (Å²) in [5, 5.41) is 0. The van der Waals surface area contributed by atoms with E-state index in [4.69, 9.17) is 15.2 Å². The van der Waals surface area contributed by atoms with Crippen molar-refractivity contribution >= 4 is 9.84 Å². The van der Waals surface area contributed by atoms with Crippen molar-refractivity contribution in [3.8, 4) is 11.5 Å². The fraction of sp³-hybridized carbons (Fsp3) is 0.625. The highest BCUT2D eigenvalue weighted by Crippen LogP contribution is 2.45. The topological polar surface area (TPSA) is 78.6 Å². The molecule has 0 unspecified atom stereocenters. The first-order valence-electron chi connectivity index (χ1n) is 7.80. The molecule has 1 aromatic carbocycles. The monoisotopic (exact) mass is 325 g/mol. The van der Waals surface area contributed by atoms with Gasteiger partial charge in [-0.1, -0.05) is 19.3 Å². The average molecular weight is 325 g/mol. The van der Waals surface area contributed by atoms with Crippen LogP contribution in [0.1, 0.15) is 37.7 Å². The number of ether oxygens (including phenoxy) is 2. The maximum atomic E-state index is 12.3. The summed E-state index contributed by atoms with van der Waals surface area (Å²) in [5.41, 5.74) is 6.63. The lowest BCUT2D eigenvalue weighted by Gasteiger charge is -2.38. The fourth-order valence-electron chi connectivity index (χ4n) is 3.60. The highest BCUT2D eigenvalue weighted by atomic mass is 32.2. The predicted molar refractivity (Wildman–Crippen MR) is 84.4 cm³/mol. The normalized spacial score (nSPS) is 20.6. The SMILES string of the molecule is CS(=O)(=O)c1cc2c(cc1C1(CN)CCCCC1)OCCO2. The van der Waals surface area contributed by atoms with Gasteiger partial charge in [0.1, 0.15) is 13.2 Å². The van der Waals surface area contributed by atoms with Crippen molar-refractivity contribution in [3.05, 3.63) is 17.7 Å². The molecule has 5 nitrogen and oxygen atoms in total. The number of fused-ring (bicyclic) bond motifs is 1. The largest absolute Gasteiger partial charge is 0.486 e.